The summed E-state index contributed by atoms with van der Waals surface area (Å²) < 4.78 is 91.8. The van der Waals surface area contributed by atoms with Crippen LogP contribution >= 0.6 is 0 Å². The highest BCUT2D eigenvalue weighted by Gasteiger charge is 2.71. The maximum Gasteiger partial charge on any atom is 0.430 e. The smallest absolute Gasteiger partial charge is 0.430 e. The predicted molar refractivity (Wildman–Crippen MR) is 130 cm³/mol. The molecule has 4 aromatic rings. The third-order valence-corrected chi connectivity index (χ3v) is 6.29. The molecule has 206 valence electrons. The normalized spacial score (nSPS) is 12.6. The van der Waals surface area contributed by atoms with Gasteiger partial charge in [0, 0.05) is 18.1 Å². The Bertz CT molecular complexity index is 1550. The largest absolute Gasteiger partial charge is 0.493 e. The van der Waals surface area contributed by atoms with Crippen LogP contribution in [-0.2, 0) is 12.0 Å². The van der Waals surface area contributed by atoms with E-state index in [1.807, 2.05) is 19.1 Å². The lowest BCUT2D eigenvalue weighted by molar-refractivity contribution is -0.376. The lowest BCUT2D eigenvalue weighted by atomic mass is 9.92. The number of hydrogen-bond donors (Lipinski definition) is 1. The molecule has 1 N–H and O–H groups in total. The van der Waals surface area contributed by atoms with Crippen molar-refractivity contribution in [2.24, 2.45) is 0 Å². The summed E-state index contributed by atoms with van der Waals surface area (Å²) in [7, 11) is 2.77. The molecule has 0 aliphatic rings. The number of methoxy groups -OCH3 is 2. The number of aliphatic hydroxyl groups is 1. The van der Waals surface area contributed by atoms with Crippen molar-refractivity contribution in [3.63, 3.8) is 0 Å². The zero-order chi connectivity index (χ0) is 28.8. The molecule has 0 fully saturated rings. The van der Waals surface area contributed by atoms with E-state index in [1.54, 1.807) is 12.1 Å². The summed E-state index contributed by atoms with van der Waals surface area (Å²) in [5, 5.41) is 9.81. The molecule has 0 bridgehead atoms. The minimum absolute atomic E-state index is 0.0539. The number of aryl methyl sites for hydroxylation is 1. The fourth-order valence-electron chi connectivity index (χ4n) is 4.17. The Kier molecular flexibility index (Phi) is 7.11. The van der Waals surface area contributed by atoms with Gasteiger partial charge in [0.1, 0.15) is 5.82 Å². The first kappa shape index (κ1) is 28.0. The first-order valence-corrected chi connectivity index (χ1v) is 11.4. The molecule has 0 aliphatic heterocycles. The molecular formula is C27H22F6N2O4. The minimum Gasteiger partial charge on any atom is -0.493 e. The standard InChI is InChI=1S/C27H22F6N2O4/c1-15-4-6-16(7-5-15)12-23-34-20-14-22(39-3)21(38-2)13-19(20)24(36)35(23)18-10-8-17(9-11-18)25(37,26(28,29)30)27(31,32)33/h4-11,13-14,37H,12H2,1-3H3. The van der Waals surface area contributed by atoms with E-state index < -0.39 is 29.1 Å². The van der Waals surface area contributed by atoms with Crippen molar-refractivity contribution in [3.8, 4) is 17.2 Å². The van der Waals surface area contributed by atoms with E-state index in [0.29, 0.717) is 17.9 Å². The SMILES string of the molecule is COc1cc2nc(Cc3ccc(C)cc3)n(-c3ccc(C(O)(C(F)(F)F)C(F)(F)F)cc3)c(=O)c2cc1OC. The van der Waals surface area contributed by atoms with Crippen LogP contribution in [0.4, 0.5) is 26.3 Å². The third kappa shape index (κ3) is 4.91. The molecule has 0 saturated carbocycles. The molecule has 1 aromatic heterocycles. The monoisotopic (exact) mass is 552 g/mol. The number of hydrogen-bond acceptors (Lipinski definition) is 5. The molecule has 0 amide bonds. The number of ether oxygens (including phenoxy) is 2. The second-order valence-corrected chi connectivity index (χ2v) is 8.81. The van der Waals surface area contributed by atoms with E-state index in [0.717, 1.165) is 27.8 Å². The van der Waals surface area contributed by atoms with Gasteiger partial charge in [-0.3, -0.25) is 9.36 Å². The fraction of sp³-hybridized carbons (Fsp3) is 0.259. The van der Waals surface area contributed by atoms with Gasteiger partial charge in [0.15, 0.2) is 11.5 Å². The summed E-state index contributed by atoms with van der Waals surface area (Å²) >= 11 is 0. The molecule has 3 aromatic carbocycles. The van der Waals surface area contributed by atoms with E-state index in [1.165, 1.54) is 26.4 Å². The molecule has 0 unspecified atom stereocenters. The number of alkyl halides is 6. The average molecular weight is 552 g/mol. The van der Waals surface area contributed by atoms with Gasteiger partial charge in [-0.15, -0.1) is 0 Å². The first-order chi connectivity index (χ1) is 18.2. The Morgan fingerprint density at radius 1 is 0.846 bits per heavy atom. The Morgan fingerprint density at radius 3 is 1.90 bits per heavy atom. The summed E-state index contributed by atoms with van der Waals surface area (Å²) in [5.41, 5.74) is -5.26. The Morgan fingerprint density at radius 2 is 1.38 bits per heavy atom. The van der Waals surface area contributed by atoms with Crippen molar-refractivity contribution in [3.05, 3.63) is 93.5 Å². The summed E-state index contributed by atoms with van der Waals surface area (Å²) in [4.78, 5) is 18.3. The van der Waals surface area contributed by atoms with Crippen LogP contribution in [0.25, 0.3) is 16.6 Å². The average Bonchev–Trinajstić information content (AvgIpc) is 2.88. The van der Waals surface area contributed by atoms with Gasteiger partial charge in [0.05, 0.1) is 30.8 Å². The van der Waals surface area contributed by atoms with Gasteiger partial charge < -0.3 is 14.6 Å². The maximum absolute atomic E-state index is 13.7. The van der Waals surface area contributed by atoms with Crippen molar-refractivity contribution >= 4 is 10.9 Å². The molecule has 6 nitrogen and oxygen atoms in total. The molecule has 0 aliphatic carbocycles. The lowest BCUT2D eigenvalue weighted by Crippen LogP contribution is -2.53. The van der Waals surface area contributed by atoms with E-state index in [-0.39, 0.29) is 34.6 Å². The van der Waals surface area contributed by atoms with Crippen LogP contribution in [0, 0.1) is 6.92 Å². The Labute approximate surface area is 218 Å². The predicted octanol–water partition coefficient (Wildman–Crippen LogP) is 5.61. The highest BCUT2D eigenvalue weighted by molar-refractivity contribution is 5.82. The van der Waals surface area contributed by atoms with Gasteiger partial charge in [0.2, 0.25) is 0 Å². The molecular weight excluding hydrogens is 530 g/mol. The van der Waals surface area contributed by atoms with Gasteiger partial charge in [0.25, 0.3) is 11.2 Å². The van der Waals surface area contributed by atoms with Crippen molar-refractivity contribution in [1.82, 2.24) is 9.55 Å². The minimum atomic E-state index is -6.04. The number of fused-ring (bicyclic) bond motifs is 1. The summed E-state index contributed by atoms with van der Waals surface area (Å²) in [5.74, 6) is 0.689. The summed E-state index contributed by atoms with van der Waals surface area (Å²) in [6.07, 6.45) is -12.0. The second kappa shape index (κ2) is 9.92. The van der Waals surface area contributed by atoms with Crippen LogP contribution in [0.15, 0.2) is 65.5 Å². The molecule has 0 saturated heterocycles. The molecule has 0 spiro atoms. The van der Waals surface area contributed by atoms with Gasteiger partial charge >= 0.3 is 12.4 Å². The van der Waals surface area contributed by atoms with E-state index in [9.17, 15) is 36.2 Å². The van der Waals surface area contributed by atoms with Gasteiger partial charge in [-0.1, -0.05) is 42.0 Å². The topological polar surface area (TPSA) is 73.6 Å². The fourth-order valence-corrected chi connectivity index (χ4v) is 4.17. The molecule has 12 heteroatoms. The second-order valence-electron chi connectivity index (χ2n) is 8.81. The molecule has 39 heavy (non-hydrogen) atoms. The van der Waals surface area contributed by atoms with Crippen LogP contribution in [0.1, 0.15) is 22.5 Å². The van der Waals surface area contributed by atoms with Crippen LogP contribution in [0.3, 0.4) is 0 Å². The third-order valence-electron chi connectivity index (χ3n) is 6.29. The summed E-state index contributed by atoms with van der Waals surface area (Å²) in [6.45, 7) is 1.89. The van der Waals surface area contributed by atoms with Gasteiger partial charge in [-0.05, 0) is 30.7 Å². The van der Waals surface area contributed by atoms with Crippen LogP contribution < -0.4 is 15.0 Å². The Balaban J connectivity index is 1.95. The van der Waals surface area contributed by atoms with E-state index >= 15 is 0 Å². The number of halogens is 6. The number of rotatable bonds is 6. The van der Waals surface area contributed by atoms with E-state index in [2.05, 4.69) is 4.98 Å². The number of benzene rings is 3. The van der Waals surface area contributed by atoms with Crippen molar-refractivity contribution < 1.29 is 40.9 Å². The van der Waals surface area contributed by atoms with Crippen molar-refractivity contribution in [2.45, 2.75) is 31.3 Å². The van der Waals surface area contributed by atoms with Crippen molar-refractivity contribution in [1.29, 1.82) is 0 Å². The van der Waals surface area contributed by atoms with Crippen LogP contribution in [-0.4, -0.2) is 41.2 Å². The number of nitrogens with zero attached hydrogens (tertiary/aromatic N) is 2. The van der Waals surface area contributed by atoms with Crippen molar-refractivity contribution in [2.75, 3.05) is 14.2 Å². The number of aromatic nitrogens is 2. The lowest BCUT2D eigenvalue weighted by Gasteiger charge is -2.32. The van der Waals surface area contributed by atoms with E-state index in [4.69, 9.17) is 9.47 Å². The zero-order valence-electron chi connectivity index (χ0n) is 20.8. The Hall–Kier alpha value is -4.06. The molecule has 4 rings (SSSR count). The quantitative estimate of drug-likeness (QED) is 0.315. The van der Waals surface area contributed by atoms with Gasteiger partial charge in [-0.2, -0.15) is 26.3 Å². The highest BCUT2D eigenvalue weighted by atomic mass is 19.4. The summed E-state index contributed by atoms with van der Waals surface area (Å²) in [6, 6.07) is 12.9. The molecule has 0 atom stereocenters. The highest BCUT2D eigenvalue weighted by Crippen LogP contribution is 2.50. The zero-order valence-corrected chi connectivity index (χ0v) is 20.8. The molecule has 0 radical (unpaired) electrons. The van der Waals surface area contributed by atoms with Gasteiger partial charge in [-0.25, -0.2) is 4.98 Å². The first-order valence-electron chi connectivity index (χ1n) is 11.4. The van der Waals surface area contributed by atoms with Crippen LogP contribution in [0.5, 0.6) is 11.5 Å². The maximum atomic E-state index is 13.7. The van der Waals surface area contributed by atoms with Crippen LogP contribution in [0.2, 0.25) is 0 Å². The molecule has 1 heterocycles.